The zero-order valence-corrected chi connectivity index (χ0v) is 10.8. The quantitative estimate of drug-likeness (QED) is 0.755. The first-order valence-corrected chi connectivity index (χ1v) is 7.34. The van der Waals surface area contributed by atoms with Gasteiger partial charge >= 0.3 is 0 Å². The number of H-pyrrole nitrogens is 1. The first-order chi connectivity index (χ1) is 9.08. The molecule has 1 aliphatic rings. The standard InChI is InChI=1S/C12H13N3O3S/c16-10-7-8-3-1-2-4-9(8)12(10)15-19(17,18)11-5-6-13-14-11/h1-6,10,12,15-16H,7H2,(H,13,14)/t10-,12+/m0/s1. The van der Waals surface area contributed by atoms with Crippen LogP contribution in [0.15, 0.2) is 41.6 Å². The van der Waals surface area contributed by atoms with Crippen LogP contribution in [0.5, 0.6) is 0 Å². The van der Waals surface area contributed by atoms with Crippen LogP contribution in [-0.4, -0.2) is 29.8 Å². The number of hydrogen-bond acceptors (Lipinski definition) is 4. The average Bonchev–Trinajstić information content (AvgIpc) is 2.99. The van der Waals surface area contributed by atoms with Crippen molar-refractivity contribution in [3.05, 3.63) is 47.7 Å². The fourth-order valence-corrected chi connectivity index (χ4v) is 3.50. The summed E-state index contributed by atoms with van der Waals surface area (Å²) in [6, 6.07) is 8.17. The van der Waals surface area contributed by atoms with E-state index in [9.17, 15) is 13.5 Å². The maximum absolute atomic E-state index is 12.1. The van der Waals surface area contributed by atoms with Gasteiger partial charge in [0.2, 0.25) is 0 Å². The number of nitrogens with one attached hydrogen (secondary N) is 2. The molecule has 0 saturated carbocycles. The molecule has 0 amide bonds. The summed E-state index contributed by atoms with van der Waals surface area (Å²) in [6.07, 6.45) is 1.06. The second-order valence-electron chi connectivity index (χ2n) is 4.49. The third-order valence-electron chi connectivity index (χ3n) is 3.25. The normalized spacial score (nSPS) is 22.4. The highest BCUT2D eigenvalue weighted by Crippen LogP contribution is 2.32. The van der Waals surface area contributed by atoms with Crippen molar-refractivity contribution in [3.8, 4) is 0 Å². The number of hydrogen-bond donors (Lipinski definition) is 3. The van der Waals surface area contributed by atoms with Crippen LogP contribution >= 0.6 is 0 Å². The maximum Gasteiger partial charge on any atom is 0.258 e. The second kappa shape index (κ2) is 4.44. The van der Waals surface area contributed by atoms with E-state index >= 15 is 0 Å². The zero-order chi connectivity index (χ0) is 13.5. The topological polar surface area (TPSA) is 95.1 Å². The van der Waals surface area contributed by atoms with Crippen molar-refractivity contribution in [1.29, 1.82) is 0 Å². The Morgan fingerprint density at radius 3 is 2.84 bits per heavy atom. The molecule has 0 radical (unpaired) electrons. The fourth-order valence-electron chi connectivity index (χ4n) is 2.34. The Labute approximate surface area is 110 Å². The highest BCUT2D eigenvalue weighted by Gasteiger charge is 2.34. The smallest absolute Gasteiger partial charge is 0.258 e. The van der Waals surface area contributed by atoms with Crippen LogP contribution < -0.4 is 4.72 Å². The number of benzene rings is 1. The number of fused-ring (bicyclic) bond motifs is 1. The van der Waals surface area contributed by atoms with E-state index in [1.54, 1.807) is 0 Å². The van der Waals surface area contributed by atoms with Crippen LogP contribution in [0.1, 0.15) is 17.2 Å². The molecule has 2 aromatic rings. The Bertz CT molecular complexity index is 682. The molecule has 7 heteroatoms. The van der Waals surface area contributed by atoms with Crippen molar-refractivity contribution in [1.82, 2.24) is 14.9 Å². The van der Waals surface area contributed by atoms with Gasteiger partial charge in [0.25, 0.3) is 10.0 Å². The van der Waals surface area contributed by atoms with Crippen LogP contribution in [0.3, 0.4) is 0 Å². The molecular weight excluding hydrogens is 266 g/mol. The summed E-state index contributed by atoms with van der Waals surface area (Å²) in [7, 11) is -3.70. The molecule has 3 rings (SSSR count). The van der Waals surface area contributed by atoms with Crippen LogP contribution in [-0.2, 0) is 16.4 Å². The summed E-state index contributed by atoms with van der Waals surface area (Å²) in [5, 5.41) is 16.0. The van der Waals surface area contributed by atoms with Gasteiger partial charge in [0.1, 0.15) is 0 Å². The molecule has 1 aromatic heterocycles. The number of aliphatic hydroxyl groups excluding tert-OH is 1. The summed E-state index contributed by atoms with van der Waals surface area (Å²) < 4.78 is 26.7. The number of aromatic nitrogens is 2. The van der Waals surface area contributed by atoms with Crippen LogP contribution in [0.25, 0.3) is 0 Å². The van der Waals surface area contributed by atoms with Crippen LogP contribution in [0.2, 0.25) is 0 Å². The Morgan fingerprint density at radius 2 is 2.11 bits per heavy atom. The van der Waals surface area contributed by atoms with Gasteiger partial charge in [-0.15, -0.1) is 0 Å². The highest BCUT2D eigenvalue weighted by molar-refractivity contribution is 7.89. The van der Waals surface area contributed by atoms with Crippen molar-refractivity contribution >= 4 is 10.0 Å². The Morgan fingerprint density at radius 1 is 1.32 bits per heavy atom. The van der Waals surface area contributed by atoms with E-state index in [1.807, 2.05) is 24.3 Å². The zero-order valence-electron chi connectivity index (χ0n) is 9.95. The number of nitrogens with zero attached hydrogens (tertiary/aromatic N) is 1. The molecule has 0 unspecified atom stereocenters. The van der Waals surface area contributed by atoms with E-state index in [0.29, 0.717) is 6.42 Å². The highest BCUT2D eigenvalue weighted by atomic mass is 32.2. The lowest BCUT2D eigenvalue weighted by Gasteiger charge is -2.17. The van der Waals surface area contributed by atoms with Crippen molar-refractivity contribution in [2.24, 2.45) is 0 Å². The monoisotopic (exact) mass is 279 g/mol. The lowest BCUT2D eigenvalue weighted by Crippen LogP contribution is -2.34. The summed E-state index contributed by atoms with van der Waals surface area (Å²) in [4.78, 5) is 0. The van der Waals surface area contributed by atoms with Gasteiger partial charge in [-0.25, -0.2) is 8.42 Å². The Kier molecular flexibility index (Phi) is 2.89. The summed E-state index contributed by atoms with van der Waals surface area (Å²) in [6.45, 7) is 0. The molecular formula is C12H13N3O3S. The third kappa shape index (κ3) is 2.16. The average molecular weight is 279 g/mol. The third-order valence-corrected chi connectivity index (χ3v) is 4.62. The molecule has 0 spiro atoms. The van der Waals surface area contributed by atoms with Gasteiger partial charge in [-0.1, -0.05) is 24.3 Å². The molecule has 3 N–H and O–H groups in total. The van der Waals surface area contributed by atoms with Gasteiger partial charge in [-0.2, -0.15) is 9.82 Å². The Balaban J connectivity index is 1.92. The van der Waals surface area contributed by atoms with Gasteiger partial charge in [0.15, 0.2) is 5.03 Å². The minimum atomic E-state index is -3.70. The maximum atomic E-state index is 12.1. The van der Waals surface area contributed by atoms with Crippen molar-refractivity contribution < 1.29 is 13.5 Å². The SMILES string of the molecule is O=S(=O)(N[C@@H]1c2ccccc2C[C@@H]1O)c1ccn[nH]1. The van der Waals surface area contributed by atoms with Gasteiger partial charge in [-0.3, -0.25) is 5.10 Å². The molecule has 19 heavy (non-hydrogen) atoms. The molecule has 2 atom stereocenters. The minimum absolute atomic E-state index is 0.0101. The lowest BCUT2D eigenvalue weighted by molar-refractivity contribution is 0.151. The lowest BCUT2D eigenvalue weighted by atomic mass is 10.1. The second-order valence-corrected chi connectivity index (χ2v) is 6.17. The minimum Gasteiger partial charge on any atom is -0.391 e. The first kappa shape index (κ1) is 12.3. The number of rotatable bonds is 3. The van der Waals surface area contributed by atoms with E-state index in [4.69, 9.17) is 0 Å². The summed E-state index contributed by atoms with van der Waals surface area (Å²) >= 11 is 0. The van der Waals surface area contributed by atoms with E-state index in [0.717, 1.165) is 11.1 Å². The van der Waals surface area contributed by atoms with Crippen LogP contribution in [0, 0.1) is 0 Å². The van der Waals surface area contributed by atoms with E-state index < -0.39 is 22.2 Å². The molecule has 6 nitrogen and oxygen atoms in total. The predicted octanol–water partition coefficient (Wildman–Crippen LogP) is 0.346. The van der Waals surface area contributed by atoms with Gasteiger partial charge < -0.3 is 5.11 Å². The van der Waals surface area contributed by atoms with E-state index in [1.165, 1.54) is 12.3 Å². The van der Waals surface area contributed by atoms with Crippen LogP contribution in [0.4, 0.5) is 0 Å². The van der Waals surface area contributed by atoms with Gasteiger partial charge in [0.05, 0.1) is 18.3 Å². The van der Waals surface area contributed by atoms with Crippen molar-refractivity contribution in [2.75, 3.05) is 0 Å². The predicted molar refractivity (Wildman–Crippen MR) is 67.8 cm³/mol. The molecule has 0 saturated heterocycles. The number of aromatic amines is 1. The van der Waals surface area contributed by atoms with E-state index in [2.05, 4.69) is 14.9 Å². The first-order valence-electron chi connectivity index (χ1n) is 5.85. The molecule has 100 valence electrons. The molecule has 0 bridgehead atoms. The summed E-state index contributed by atoms with van der Waals surface area (Å²) in [5.74, 6) is 0. The van der Waals surface area contributed by atoms with Crippen molar-refractivity contribution in [3.63, 3.8) is 0 Å². The molecule has 1 aromatic carbocycles. The van der Waals surface area contributed by atoms with Gasteiger partial charge in [0, 0.05) is 6.42 Å². The summed E-state index contributed by atoms with van der Waals surface area (Å²) in [5.41, 5.74) is 1.78. The largest absolute Gasteiger partial charge is 0.391 e. The van der Waals surface area contributed by atoms with Crippen molar-refractivity contribution in [2.45, 2.75) is 23.6 Å². The Hall–Kier alpha value is -1.70. The van der Waals surface area contributed by atoms with E-state index in [-0.39, 0.29) is 5.03 Å². The molecule has 1 aliphatic carbocycles. The molecule has 0 aliphatic heterocycles. The molecule has 1 heterocycles. The molecule has 0 fully saturated rings. The number of sulfonamides is 1. The number of aliphatic hydroxyl groups is 1. The fraction of sp³-hybridized carbons (Fsp3) is 0.250. The van der Waals surface area contributed by atoms with Gasteiger partial charge in [-0.05, 0) is 17.2 Å².